The number of aliphatic hydroxyl groups excluding tert-OH is 1. The predicted molar refractivity (Wildman–Crippen MR) is 57.9 cm³/mol. The number of hydrogen-bond acceptors (Lipinski definition) is 4. The quantitative estimate of drug-likeness (QED) is 0.744. The first-order valence-electron chi connectivity index (χ1n) is 5.43. The molecular weight excluding hydrogens is 206 g/mol. The molecule has 1 aromatic heterocycles. The summed E-state index contributed by atoms with van der Waals surface area (Å²) < 4.78 is 0. The Kier molecular flexibility index (Phi) is 3.14. The number of amides is 1. The third-order valence-corrected chi connectivity index (χ3v) is 2.68. The van der Waals surface area contributed by atoms with Gasteiger partial charge in [-0.05, 0) is 19.8 Å². The van der Waals surface area contributed by atoms with Gasteiger partial charge in [-0.15, -0.1) is 0 Å². The maximum absolute atomic E-state index is 12.0. The van der Waals surface area contributed by atoms with Crippen LogP contribution < -0.4 is 0 Å². The van der Waals surface area contributed by atoms with Gasteiger partial charge in [0.25, 0.3) is 5.91 Å². The maximum atomic E-state index is 12.0. The summed E-state index contributed by atoms with van der Waals surface area (Å²) in [7, 11) is 0. The molecule has 1 aliphatic rings. The van der Waals surface area contributed by atoms with Crippen LogP contribution in [0.1, 0.15) is 29.0 Å². The fourth-order valence-electron chi connectivity index (χ4n) is 1.80. The number of carbonyl (C=O) groups is 1. The van der Waals surface area contributed by atoms with Gasteiger partial charge in [-0.2, -0.15) is 0 Å². The number of aryl methyl sites for hydroxylation is 1. The molecule has 1 aliphatic heterocycles. The van der Waals surface area contributed by atoms with Crippen LogP contribution in [0.15, 0.2) is 12.4 Å². The van der Waals surface area contributed by atoms with Crippen molar-refractivity contribution in [3.8, 4) is 0 Å². The molecule has 0 aliphatic carbocycles. The largest absolute Gasteiger partial charge is 0.391 e. The third-order valence-electron chi connectivity index (χ3n) is 2.68. The molecule has 16 heavy (non-hydrogen) atoms. The van der Waals surface area contributed by atoms with Crippen molar-refractivity contribution in [1.29, 1.82) is 0 Å². The van der Waals surface area contributed by atoms with E-state index in [0.29, 0.717) is 18.8 Å². The van der Waals surface area contributed by atoms with Crippen molar-refractivity contribution in [2.45, 2.75) is 25.9 Å². The van der Waals surface area contributed by atoms with E-state index in [9.17, 15) is 9.90 Å². The average Bonchev–Trinajstić information content (AvgIpc) is 2.29. The van der Waals surface area contributed by atoms with Crippen LogP contribution in [-0.4, -0.2) is 45.1 Å². The first-order chi connectivity index (χ1) is 7.66. The molecule has 0 radical (unpaired) electrons. The number of carbonyl (C=O) groups excluding carboxylic acids is 1. The summed E-state index contributed by atoms with van der Waals surface area (Å²) in [4.78, 5) is 21.7. The number of piperidine rings is 1. The Hall–Kier alpha value is -1.49. The lowest BCUT2D eigenvalue weighted by atomic mass is 10.1. The molecule has 1 aromatic rings. The zero-order chi connectivity index (χ0) is 11.5. The lowest BCUT2D eigenvalue weighted by molar-refractivity contribution is 0.0468. The zero-order valence-electron chi connectivity index (χ0n) is 9.26. The van der Waals surface area contributed by atoms with E-state index in [1.807, 2.05) is 6.92 Å². The minimum absolute atomic E-state index is 0.147. The molecule has 86 valence electrons. The van der Waals surface area contributed by atoms with Gasteiger partial charge in [0.2, 0.25) is 0 Å². The SMILES string of the molecule is Cc1cnc(C(=O)N2CCC[C@H](O)C2)cn1. The Bertz CT molecular complexity index is 377. The minimum atomic E-state index is -0.406. The summed E-state index contributed by atoms with van der Waals surface area (Å²) in [6.45, 7) is 2.91. The zero-order valence-corrected chi connectivity index (χ0v) is 9.26. The summed E-state index contributed by atoms with van der Waals surface area (Å²) >= 11 is 0. The van der Waals surface area contributed by atoms with Gasteiger partial charge in [0.15, 0.2) is 0 Å². The topological polar surface area (TPSA) is 66.3 Å². The highest BCUT2D eigenvalue weighted by atomic mass is 16.3. The lowest BCUT2D eigenvalue weighted by Gasteiger charge is -2.29. The van der Waals surface area contributed by atoms with Crippen molar-refractivity contribution in [2.75, 3.05) is 13.1 Å². The van der Waals surface area contributed by atoms with Gasteiger partial charge in [-0.1, -0.05) is 0 Å². The number of hydrogen-bond donors (Lipinski definition) is 1. The number of likely N-dealkylation sites (tertiary alicyclic amines) is 1. The number of aliphatic hydroxyl groups is 1. The van der Waals surface area contributed by atoms with E-state index in [-0.39, 0.29) is 5.91 Å². The van der Waals surface area contributed by atoms with Gasteiger partial charge in [-0.25, -0.2) is 4.98 Å². The van der Waals surface area contributed by atoms with Crippen LogP contribution in [-0.2, 0) is 0 Å². The molecule has 5 heteroatoms. The van der Waals surface area contributed by atoms with Crippen molar-refractivity contribution in [1.82, 2.24) is 14.9 Å². The Labute approximate surface area is 94.1 Å². The van der Waals surface area contributed by atoms with E-state index in [4.69, 9.17) is 0 Å². The van der Waals surface area contributed by atoms with E-state index in [1.165, 1.54) is 6.20 Å². The summed E-state index contributed by atoms with van der Waals surface area (Å²) in [5.74, 6) is -0.147. The van der Waals surface area contributed by atoms with Crippen LogP contribution in [0.3, 0.4) is 0 Å². The van der Waals surface area contributed by atoms with Gasteiger partial charge in [0.05, 0.1) is 18.0 Å². The smallest absolute Gasteiger partial charge is 0.274 e. The van der Waals surface area contributed by atoms with E-state index >= 15 is 0 Å². The molecule has 1 amide bonds. The summed E-state index contributed by atoms with van der Waals surface area (Å²) in [6, 6.07) is 0. The van der Waals surface area contributed by atoms with Gasteiger partial charge < -0.3 is 10.0 Å². The molecular formula is C11H15N3O2. The van der Waals surface area contributed by atoms with Crippen LogP contribution in [0.5, 0.6) is 0 Å². The van der Waals surface area contributed by atoms with Crippen LogP contribution in [0.2, 0.25) is 0 Å². The highest BCUT2D eigenvalue weighted by Gasteiger charge is 2.23. The van der Waals surface area contributed by atoms with Gasteiger partial charge in [-0.3, -0.25) is 9.78 Å². The highest BCUT2D eigenvalue weighted by Crippen LogP contribution is 2.12. The maximum Gasteiger partial charge on any atom is 0.274 e. The second kappa shape index (κ2) is 4.57. The fraction of sp³-hybridized carbons (Fsp3) is 0.545. The van der Waals surface area contributed by atoms with Crippen LogP contribution >= 0.6 is 0 Å². The van der Waals surface area contributed by atoms with E-state index in [2.05, 4.69) is 9.97 Å². The lowest BCUT2D eigenvalue weighted by Crippen LogP contribution is -2.42. The molecule has 0 aromatic carbocycles. The molecule has 0 spiro atoms. The Balaban J connectivity index is 2.09. The second-order valence-corrected chi connectivity index (χ2v) is 4.09. The fourth-order valence-corrected chi connectivity index (χ4v) is 1.80. The predicted octanol–water partition coefficient (Wildman–Crippen LogP) is 0.382. The van der Waals surface area contributed by atoms with Crippen LogP contribution in [0, 0.1) is 6.92 Å². The molecule has 2 rings (SSSR count). The summed E-state index contributed by atoms with van der Waals surface area (Å²) in [5, 5.41) is 9.49. The van der Waals surface area contributed by atoms with Gasteiger partial charge in [0.1, 0.15) is 5.69 Å². The minimum Gasteiger partial charge on any atom is -0.391 e. The molecule has 0 saturated carbocycles. The number of nitrogens with zero attached hydrogens (tertiary/aromatic N) is 3. The van der Waals surface area contributed by atoms with Crippen molar-refractivity contribution < 1.29 is 9.90 Å². The monoisotopic (exact) mass is 221 g/mol. The first kappa shape index (κ1) is 11.0. The number of aromatic nitrogens is 2. The Morgan fingerprint density at radius 2 is 2.31 bits per heavy atom. The molecule has 1 saturated heterocycles. The highest BCUT2D eigenvalue weighted by molar-refractivity contribution is 5.92. The number of rotatable bonds is 1. The van der Waals surface area contributed by atoms with Crippen molar-refractivity contribution in [2.24, 2.45) is 0 Å². The molecule has 1 N–H and O–H groups in total. The van der Waals surface area contributed by atoms with Gasteiger partial charge >= 0.3 is 0 Å². The van der Waals surface area contributed by atoms with Crippen molar-refractivity contribution in [3.63, 3.8) is 0 Å². The second-order valence-electron chi connectivity index (χ2n) is 4.09. The summed E-state index contributed by atoms with van der Waals surface area (Å²) in [6.07, 6.45) is 4.26. The van der Waals surface area contributed by atoms with Crippen LogP contribution in [0.25, 0.3) is 0 Å². The Morgan fingerprint density at radius 1 is 1.50 bits per heavy atom. The van der Waals surface area contributed by atoms with Crippen LogP contribution in [0.4, 0.5) is 0 Å². The van der Waals surface area contributed by atoms with E-state index < -0.39 is 6.10 Å². The molecule has 1 atom stereocenters. The molecule has 5 nitrogen and oxygen atoms in total. The number of β-amino-alcohol motifs (C(OH)–C–C–N with tert-alkyl or cyclic N) is 1. The molecule has 0 unspecified atom stereocenters. The summed E-state index contributed by atoms with van der Waals surface area (Å²) in [5.41, 5.74) is 1.13. The van der Waals surface area contributed by atoms with Crippen molar-refractivity contribution >= 4 is 5.91 Å². The van der Waals surface area contributed by atoms with Crippen molar-refractivity contribution in [3.05, 3.63) is 23.8 Å². The third kappa shape index (κ3) is 2.36. The van der Waals surface area contributed by atoms with Gasteiger partial charge in [0, 0.05) is 19.3 Å². The molecule has 0 bridgehead atoms. The Morgan fingerprint density at radius 3 is 2.94 bits per heavy atom. The average molecular weight is 221 g/mol. The normalized spacial score (nSPS) is 20.9. The molecule has 2 heterocycles. The first-order valence-corrected chi connectivity index (χ1v) is 5.43. The van der Waals surface area contributed by atoms with E-state index in [0.717, 1.165) is 18.5 Å². The standard InChI is InChI=1S/C11H15N3O2/c1-8-5-13-10(6-12-8)11(16)14-4-2-3-9(15)7-14/h5-6,9,15H,2-4,7H2,1H3/t9-/m0/s1. The molecule has 1 fully saturated rings. The van der Waals surface area contributed by atoms with E-state index in [1.54, 1.807) is 11.1 Å².